The maximum absolute atomic E-state index is 11.5. The van der Waals surface area contributed by atoms with E-state index in [0.29, 0.717) is 17.1 Å². The molecule has 1 atom stereocenters. The number of rotatable bonds is 3. The van der Waals surface area contributed by atoms with Gasteiger partial charge in [0.05, 0.1) is 11.5 Å². The molecule has 0 N–H and O–H groups in total. The van der Waals surface area contributed by atoms with Crippen LogP contribution in [-0.2, 0) is 16.3 Å². The van der Waals surface area contributed by atoms with Gasteiger partial charge < -0.3 is 0 Å². The van der Waals surface area contributed by atoms with Crippen LogP contribution >= 0.6 is 0 Å². The molecule has 1 aromatic carbocycles. The Morgan fingerprint density at radius 1 is 1.24 bits per heavy atom. The smallest absolute Gasteiger partial charge is 0.150 e. The van der Waals surface area contributed by atoms with Crippen molar-refractivity contribution in [1.82, 2.24) is 0 Å². The Bertz CT molecular complexity index is 488. The quantitative estimate of drug-likeness (QED) is 0.772. The van der Waals surface area contributed by atoms with Crippen LogP contribution in [0.1, 0.15) is 28.8 Å². The second-order valence-corrected chi connectivity index (χ2v) is 6.91. The lowest BCUT2D eigenvalue weighted by Gasteiger charge is -2.21. The number of hydrogen-bond donors (Lipinski definition) is 0. The number of hydrogen-bond acceptors (Lipinski definition) is 3. The summed E-state index contributed by atoms with van der Waals surface area (Å²) in [5.41, 5.74) is 1.77. The highest BCUT2D eigenvalue weighted by Crippen LogP contribution is 2.22. The van der Waals surface area contributed by atoms with Crippen LogP contribution in [0.25, 0.3) is 0 Å². The maximum atomic E-state index is 11.5. The third-order valence-electron chi connectivity index (χ3n) is 3.20. The topological polar surface area (TPSA) is 51.2 Å². The standard InChI is InChI=1S/C13H16O3S/c14-9-12-5-3-11(4-6-12)8-13-2-1-7-17(15,16)10-13/h3-6,9,13H,1-2,7-8,10H2. The molecule has 2 rings (SSSR count). The minimum atomic E-state index is -2.82. The Balaban J connectivity index is 2.02. The van der Waals surface area contributed by atoms with Crippen LogP contribution in [0.5, 0.6) is 0 Å². The molecule has 1 saturated heterocycles. The van der Waals surface area contributed by atoms with Crippen LogP contribution in [0.4, 0.5) is 0 Å². The molecule has 1 unspecified atom stereocenters. The van der Waals surface area contributed by atoms with Gasteiger partial charge in [0.1, 0.15) is 6.29 Å². The SMILES string of the molecule is O=Cc1ccc(CC2CCCS(=O)(=O)C2)cc1. The van der Waals surface area contributed by atoms with E-state index in [4.69, 9.17) is 0 Å². The molecule has 0 spiro atoms. The summed E-state index contributed by atoms with van der Waals surface area (Å²) in [7, 11) is -2.82. The average molecular weight is 252 g/mol. The third-order valence-corrected chi connectivity index (χ3v) is 5.09. The van der Waals surface area contributed by atoms with Crippen molar-refractivity contribution in [3.8, 4) is 0 Å². The minimum Gasteiger partial charge on any atom is -0.298 e. The lowest BCUT2D eigenvalue weighted by molar-refractivity contribution is 0.112. The van der Waals surface area contributed by atoms with Crippen molar-refractivity contribution in [2.45, 2.75) is 19.3 Å². The van der Waals surface area contributed by atoms with Gasteiger partial charge in [-0.2, -0.15) is 0 Å². The Labute approximate surface area is 102 Å². The fraction of sp³-hybridized carbons (Fsp3) is 0.462. The molecule has 0 radical (unpaired) electrons. The highest BCUT2D eigenvalue weighted by Gasteiger charge is 2.24. The van der Waals surface area contributed by atoms with Gasteiger partial charge in [0.25, 0.3) is 0 Å². The van der Waals surface area contributed by atoms with Gasteiger partial charge in [0, 0.05) is 5.56 Å². The number of aldehydes is 1. The van der Waals surface area contributed by atoms with Crippen molar-refractivity contribution < 1.29 is 13.2 Å². The zero-order valence-corrected chi connectivity index (χ0v) is 10.4. The fourth-order valence-corrected chi connectivity index (χ4v) is 4.12. The van der Waals surface area contributed by atoms with E-state index in [1.54, 1.807) is 12.1 Å². The van der Waals surface area contributed by atoms with E-state index in [2.05, 4.69) is 0 Å². The molecule has 0 aromatic heterocycles. The number of carbonyl (C=O) groups excluding carboxylic acids is 1. The Kier molecular flexibility index (Phi) is 3.62. The first-order chi connectivity index (χ1) is 8.09. The predicted molar refractivity (Wildman–Crippen MR) is 66.9 cm³/mol. The van der Waals surface area contributed by atoms with E-state index in [1.807, 2.05) is 12.1 Å². The van der Waals surface area contributed by atoms with Crippen molar-refractivity contribution in [2.24, 2.45) is 5.92 Å². The molecule has 1 aliphatic heterocycles. The molecule has 1 aromatic rings. The van der Waals surface area contributed by atoms with Crippen LogP contribution in [0.2, 0.25) is 0 Å². The minimum absolute atomic E-state index is 0.232. The summed E-state index contributed by atoms with van der Waals surface area (Å²) in [6.45, 7) is 0. The zero-order valence-electron chi connectivity index (χ0n) is 9.63. The van der Waals surface area contributed by atoms with Gasteiger partial charge in [-0.1, -0.05) is 24.3 Å². The molecule has 1 fully saturated rings. The van der Waals surface area contributed by atoms with Crippen molar-refractivity contribution in [3.05, 3.63) is 35.4 Å². The summed E-state index contributed by atoms with van der Waals surface area (Å²) in [5, 5.41) is 0. The van der Waals surface area contributed by atoms with Gasteiger partial charge in [-0.05, 0) is 30.7 Å². The average Bonchev–Trinajstić information content (AvgIpc) is 2.29. The summed E-state index contributed by atoms with van der Waals surface area (Å²) < 4.78 is 23.0. The van der Waals surface area contributed by atoms with E-state index in [9.17, 15) is 13.2 Å². The van der Waals surface area contributed by atoms with Crippen molar-refractivity contribution in [2.75, 3.05) is 11.5 Å². The molecule has 92 valence electrons. The van der Waals surface area contributed by atoms with E-state index >= 15 is 0 Å². The second-order valence-electron chi connectivity index (χ2n) is 4.69. The highest BCUT2D eigenvalue weighted by molar-refractivity contribution is 7.91. The van der Waals surface area contributed by atoms with Gasteiger partial charge in [-0.3, -0.25) is 4.79 Å². The van der Waals surface area contributed by atoms with Crippen LogP contribution in [0.15, 0.2) is 24.3 Å². The maximum Gasteiger partial charge on any atom is 0.150 e. The van der Waals surface area contributed by atoms with E-state index in [-0.39, 0.29) is 5.92 Å². The third kappa shape index (κ3) is 3.40. The summed E-state index contributed by atoms with van der Waals surface area (Å²) >= 11 is 0. The molecule has 0 aliphatic carbocycles. The normalized spacial score (nSPS) is 23.2. The van der Waals surface area contributed by atoms with Crippen molar-refractivity contribution >= 4 is 16.1 Å². The Hall–Kier alpha value is -1.16. The molecular formula is C13H16O3S. The molecule has 0 bridgehead atoms. The van der Waals surface area contributed by atoms with E-state index in [1.165, 1.54) is 0 Å². The predicted octanol–water partition coefficient (Wildman–Crippen LogP) is 1.87. The summed E-state index contributed by atoms with van der Waals surface area (Å²) in [6.07, 6.45) is 3.36. The lowest BCUT2D eigenvalue weighted by atomic mass is 9.96. The summed E-state index contributed by atoms with van der Waals surface area (Å²) in [6, 6.07) is 7.37. The first-order valence-electron chi connectivity index (χ1n) is 5.83. The molecule has 3 nitrogen and oxygen atoms in total. The molecule has 1 aliphatic rings. The Morgan fingerprint density at radius 2 is 1.94 bits per heavy atom. The summed E-state index contributed by atoms with van der Waals surface area (Å²) in [5.74, 6) is 0.881. The first-order valence-corrected chi connectivity index (χ1v) is 7.66. The second kappa shape index (κ2) is 5.00. The fourth-order valence-electron chi connectivity index (χ4n) is 2.34. The van der Waals surface area contributed by atoms with Crippen LogP contribution in [-0.4, -0.2) is 26.2 Å². The summed E-state index contributed by atoms with van der Waals surface area (Å²) in [4.78, 5) is 10.5. The van der Waals surface area contributed by atoms with E-state index < -0.39 is 9.84 Å². The number of benzene rings is 1. The molecule has 4 heteroatoms. The Morgan fingerprint density at radius 3 is 2.53 bits per heavy atom. The first kappa shape index (κ1) is 12.3. The van der Waals surface area contributed by atoms with Crippen LogP contribution < -0.4 is 0 Å². The van der Waals surface area contributed by atoms with Gasteiger partial charge in [0.15, 0.2) is 9.84 Å². The van der Waals surface area contributed by atoms with Crippen LogP contribution in [0.3, 0.4) is 0 Å². The number of sulfone groups is 1. The highest BCUT2D eigenvalue weighted by atomic mass is 32.2. The molecule has 17 heavy (non-hydrogen) atoms. The van der Waals surface area contributed by atoms with Gasteiger partial charge >= 0.3 is 0 Å². The lowest BCUT2D eigenvalue weighted by Crippen LogP contribution is -2.26. The monoisotopic (exact) mass is 252 g/mol. The van der Waals surface area contributed by atoms with Crippen LogP contribution in [0, 0.1) is 5.92 Å². The van der Waals surface area contributed by atoms with Crippen molar-refractivity contribution in [3.63, 3.8) is 0 Å². The molecule has 1 heterocycles. The largest absolute Gasteiger partial charge is 0.298 e. The van der Waals surface area contributed by atoms with Gasteiger partial charge in [-0.25, -0.2) is 8.42 Å². The van der Waals surface area contributed by atoms with Crippen molar-refractivity contribution in [1.29, 1.82) is 0 Å². The zero-order chi connectivity index (χ0) is 12.3. The molecule has 0 saturated carbocycles. The molecule has 0 amide bonds. The number of carbonyl (C=O) groups is 1. The van der Waals surface area contributed by atoms with Gasteiger partial charge in [-0.15, -0.1) is 0 Å². The molecular weight excluding hydrogens is 236 g/mol. The van der Waals surface area contributed by atoms with E-state index in [0.717, 1.165) is 31.1 Å². The van der Waals surface area contributed by atoms with Gasteiger partial charge in [0.2, 0.25) is 0 Å².